The van der Waals surface area contributed by atoms with Gasteiger partial charge in [0.25, 0.3) is 0 Å². The van der Waals surface area contributed by atoms with E-state index in [9.17, 15) is 9.90 Å². The lowest BCUT2D eigenvalue weighted by atomic mass is 10.3. The van der Waals surface area contributed by atoms with Gasteiger partial charge in [0, 0.05) is 37.6 Å². The molecule has 0 aromatic carbocycles. The molecule has 1 aliphatic rings. The molecule has 6 nitrogen and oxygen atoms in total. The van der Waals surface area contributed by atoms with Crippen LogP contribution in [0.3, 0.4) is 0 Å². The van der Waals surface area contributed by atoms with Gasteiger partial charge in [-0.1, -0.05) is 6.07 Å². The third kappa shape index (κ3) is 5.57. The molecule has 1 aromatic rings. The Bertz CT molecular complexity index is 433. The van der Waals surface area contributed by atoms with E-state index in [1.165, 1.54) is 0 Å². The monoisotopic (exact) mass is 328 g/mol. The van der Waals surface area contributed by atoms with E-state index >= 15 is 0 Å². The number of piperazine rings is 1. The van der Waals surface area contributed by atoms with Crippen molar-refractivity contribution in [3.63, 3.8) is 0 Å². The van der Waals surface area contributed by atoms with E-state index in [0.717, 1.165) is 18.0 Å². The summed E-state index contributed by atoms with van der Waals surface area (Å²) < 4.78 is 10.5. The summed E-state index contributed by atoms with van der Waals surface area (Å²) in [5.74, 6) is 0. The van der Waals surface area contributed by atoms with Gasteiger partial charge < -0.3 is 19.5 Å². The predicted molar refractivity (Wildman–Crippen MR) is 85.0 cm³/mol. The second-order valence-corrected chi connectivity index (χ2v) is 6.27. The fraction of sp³-hybridized carbons (Fsp3) is 0.667. The van der Waals surface area contributed by atoms with Crippen LogP contribution in [0.1, 0.15) is 11.8 Å². The van der Waals surface area contributed by atoms with Crippen LogP contribution in [0.4, 0.5) is 4.79 Å². The van der Waals surface area contributed by atoms with E-state index in [-0.39, 0.29) is 6.09 Å². The summed E-state index contributed by atoms with van der Waals surface area (Å²) in [5.41, 5.74) is 0. The Morgan fingerprint density at radius 3 is 2.82 bits per heavy atom. The van der Waals surface area contributed by atoms with Crippen LogP contribution in [-0.2, 0) is 16.1 Å². The van der Waals surface area contributed by atoms with Crippen LogP contribution in [0.25, 0.3) is 0 Å². The molecule has 1 amide bonds. The highest BCUT2D eigenvalue weighted by Gasteiger charge is 2.23. The first-order valence-corrected chi connectivity index (χ1v) is 8.49. The van der Waals surface area contributed by atoms with E-state index < -0.39 is 6.10 Å². The summed E-state index contributed by atoms with van der Waals surface area (Å²) in [6.07, 6.45) is -0.754. The highest BCUT2D eigenvalue weighted by Crippen LogP contribution is 2.10. The van der Waals surface area contributed by atoms with Crippen molar-refractivity contribution in [1.29, 1.82) is 0 Å². The number of amides is 1. The lowest BCUT2D eigenvalue weighted by Crippen LogP contribution is -2.50. The average Bonchev–Trinajstić information content (AvgIpc) is 3.01. The first-order chi connectivity index (χ1) is 10.7. The van der Waals surface area contributed by atoms with E-state index in [4.69, 9.17) is 9.47 Å². The van der Waals surface area contributed by atoms with Crippen molar-refractivity contribution in [1.82, 2.24) is 9.80 Å². The maximum Gasteiger partial charge on any atom is 0.409 e. The minimum absolute atomic E-state index is 0.248. The van der Waals surface area contributed by atoms with Crippen molar-refractivity contribution in [2.75, 3.05) is 45.9 Å². The summed E-state index contributed by atoms with van der Waals surface area (Å²) in [5, 5.41) is 12.0. The van der Waals surface area contributed by atoms with Gasteiger partial charge in [-0.15, -0.1) is 11.3 Å². The Morgan fingerprint density at radius 1 is 1.41 bits per heavy atom. The van der Waals surface area contributed by atoms with Crippen LogP contribution in [0.5, 0.6) is 0 Å². The summed E-state index contributed by atoms with van der Waals surface area (Å²) >= 11 is 1.65. The number of nitrogens with zero attached hydrogens (tertiary/aromatic N) is 2. The molecule has 1 saturated heterocycles. The normalized spacial score (nSPS) is 17.5. The number of ether oxygens (including phenoxy) is 2. The number of carbonyl (C=O) groups excluding carboxylic acids is 1. The van der Waals surface area contributed by atoms with Crippen LogP contribution in [-0.4, -0.2) is 73.0 Å². The van der Waals surface area contributed by atoms with Gasteiger partial charge in [0.15, 0.2) is 0 Å². The minimum atomic E-state index is -0.505. The largest absolute Gasteiger partial charge is 0.450 e. The minimum Gasteiger partial charge on any atom is -0.450 e. The number of hydrogen-bond acceptors (Lipinski definition) is 6. The van der Waals surface area contributed by atoms with Crippen molar-refractivity contribution < 1.29 is 19.4 Å². The van der Waals surface area contributed by atoms with Crippen molar-refractivity contribution in [3.8, 4) is 0 Å². The van der Waals surface area contributed by atoms with Crippen molar-refractivity contribution in [2.24, 2.45) is 0 Å². The van der Waals surface area contributed by atoms with E-state index in [2.05, 4.69) is 4.90 Å². The lowest BCUT2D eigenvalue weighted by Gasteiger charge is -2.34. The number of thiophene rings is 1. The third-order valence-electron chi connectivity index (χ3n) is 3.50. The highest BCUT2D eigenvalue weighted by atomic mass is 32.1. The second kappa shape index (κ2) is 9.09. The van der Waals surface area contributed by atoms with Crippen LogP contribution in [0.2, 0.25) is 0 Å². The molecule has 7 heteroatoms. The van der Waals surface area contributed by atoms with Gasteiger partial charge in [-0.3, -0.25) is 4.90 Å². The maximum absolute atomic E-state index is 11.6. The molecular weight excluding hydrogens is 304 g/mol. The van der Waals surface area contributed by atoms with Gasteiger partial charge in [-0.05, 0) is 18.4 Å². The number of hydrogen-bond donors (Lipinski definition) is 1. The molecular formula is C15H24N2O4S. The molecule has 0 aliphatic carbocycles. The predicted octanol–water partition coefficient (Wildman–Crippen LogP) is 1.40. The molecule has 124 valence electrons. The zero-order valence-corrected chi connectivity index (χ0v) is 13.8. The molecule has 2 heterocycles. The first kappa shape index (κ1) is 17.2. The highest BCUT2D eigenvalue weighted by molar-refractivity contribution is 7.09. The molecule has 1 aromatic heterocycles. The van der Waals surface area contributed by atoms with Gasteiger partial charge in [0.2, 0.25) is 0 Å². The van der Waals surface area contributed by atoms with Crippen LogP contribution >= 0.6 is 11.3 Å². The van der Waals surface area contributed by atoms with Gasteiger partial charge in [-0.2, -0.15) is 0 Å². The molecule has 1 atom stereocenters. The van der Waals surface area contributed by atoms with Crippen LogP contribution in [0.15, 0.2) is 17.5 Å². The summed E-state index contributed by atoms with van der Waals surface area (Å²) in [6, 6.07) is 4.01. The Labute approximate surface area is 135 Å². The Morgan fingerprint density at radius 2 is 2.18 bits per heavy atom. The summed E-state index contributed by atoms with van der Waals surface area (Å²) in [7, 11) is 0. The van der Waals surface area contributed by atoms with Gasteiger partial charge in [0.05, 0.1) is 25.9 Å². The molecule has 0 radical (unpaired) electrons. The molecule has 1 fully saturated rings. The Kier molecular flexibility index (Phi) is 7.11. The van der Waals surface area contributed by atoms with Crippen LogP contribution in [0, 0.1) is 0 Å². The SMILES string of the molecule is CCOC(=O)N1CCN(CC(O)COCc2cccs2)CC1. The quantitative estimate of drug-likeness (QED) is 0.820. The standard InChI is InChI=1S/C15H24N2O4S/c1-2-21-15(19)17-7-5-16(6-8-17)10-13(18)11-20-12-14-4-3-9-22-14/h3-4,9,13,18H,2,5-8,10-12H2,1H3. The molecule has 0 spiro atoms. The first-order valence-electron chi connectivity index (χ1n) is 7.61. The van der Waals surface area contributed by atoms with E-state index in [1.807, 2.05) is 17.5 Å². The number of aliphatic hydroxyl groups is 1. The van der Waals surface area contributed by atoms with Gasteiger partial charge in [0.1, 0.15) is 0 Å². The lowest BCUT2D eigenvalue weighted by molar-refractivity contribution is 0.00183. The number of rotatable bonds is 7. The zero-order valence-electron chi connectivity index (χ0n) is 12.9. The van der Waals surface area contributed by atoms with Crippen molar-refractivity contribution in [2.45, 2.75) is 19.6 Å². The molecule has 0 saturated carbocycles. The zero-order chi connectivity index (χ0) is 15.8. The Hall–Kier alpha value is -1.15. The molecule has 2 rings (SSSR count). The fourth-order valence-electron chi connectivity index (χ4n) is 2.37. The van der Waals surface area contributed by atoms with Crippen molar-refractivity contribution in [3.05, 3.63) is 22.4 Å². The topological polar surface area (TPSA) is 62.2 Å². The second-order valence-electron chi connectivity index (χ2n) is 5.23. The molecule has 1 N–H and O–H groups in total. The molecule has 1 aliphatic heterocycles. The third-order valence-corrected chi connectivity index (χ3v) is 4.35. The van der Waals surface area contributed by atoms with E-state index in [1.54, 1.807) is 23.2 Å². The maximum atomic E-state index is 11.6. The molecule has 0 bridgehead atoms. The van der Waals surface area contributed by atoms with E-state index in [0.29, 0.717) is 39.5 Å². The van der Waals surface area contributed by atoms with Crippen LogP contribution < -0.4 is 0 Å². The van der Waals surface area contributed by atoms with Crippen molar-refractivity contribution >= 4 is 17.4 Å². The number of carbonyl (C=O) groups is 1. The van der Waals surface area contributed by atoms with Gasteiger partial charge in [-0.25, -0.2) is 4.79 Å². The fourth-order valence-corrected chi connectivity index (χ4v) is 3.01. The Balaban J connectivity index is 1.60. The summed E-state index contributed by atoms with van der Waals surface area (Å²) in [4.78, 5) is 16.6. The summed E-state index contributed by atoms with van der Waals surface area (Å²) in [6.45, 7) is 6.44. The molecule has 22 heavy (non-hydrogen) atoms. The number of β-amino-alcohol motifs (C(OH)–C–C–N with tert-alkyl or cyclic N) is 1. The molecule has 1 unspecified atom stereocenters. The average molecular weight is 328 g/mol. The smallest absolute Gasteiger partial charge is 0.409 e. The number of aliphatic hydroxyl groups excluding tert-OH is 1. The van der Waals surface area contributed by atoms with Gasteiger partial charge >= 0.3 is 6.09 Å².